The first-order chi connectivity index (χ1) is 32.1. The van der Waals surface area contributed by atoms with Crippen LogP contribution in [-0.2, 0) is 21.7 Å². The van der Waals surface area contributed by atoms with E-state index in [0.29, 0.717) is 0 Å². The minimum atomic E-state index is -0.184. The molecule has 1 nitrogen and oxygen atoms in total. The number of hydrogen-bond acceptors (Lipinski definition) is 3. The normalized spacial score (nSPS) is 17.0. The summed E-state index contributed by atoms with van der Waals surface area (Å²) < 4.78 is 4.33. The third-order valence-corrected chi connectivity index (χ3v) is 18.8. The number of benzene rings is 7. The minimum Gasteiger partial charge on any atom is -0.310 e. The first kappa shape index (κ1) is 41.3. The van der Waals surface area contributed by atoms with Crippen molar-refractivity contribution in [3.63, 3.8) is 0 Å². The summed E-state index contributed by atoms with van der Waals surface area (Å²) in [5, 5.41) is 4.16. The lowest BCUT2D eigenvalue weighted by molar-refractivity contribution is 0.332. The minimum absolute atomic E-state index is 0.0381. The molecule has 4 heterocycles. The van der Waals surface area contributed by atoms with E-state index in [1.807, 2.05) is 11.3 Å². The molecule has 2 aliphatic carbocycles. The van der Waals surface area contributed by atoms with E-state index in [0.717, 1.165) is 0 Å². The summed E-state index contributed by atoms with van der Waals surface area (Å²) in [7, 11) is 0. The molecule has 4 heteroatoms. The van der Waals surface area contributed by atoms with E-state index in [1.54, 1.807) is 0 Å². The van der Waals surface area contributed by atoms with Crippen molar-refractivity contribution in [2.24, 2.45) is 0 Å². The van der Waals surface area contributed by atoms with Crippen molar-refractivity contribution in [1.82, 2.24) is 0 Å². The Hall–Kier alpha value is -5.94. The summed E-state index contributed by atoms with van der Waals surface area (Å²) in [6, 6.07) is 56.5. The van der Waals surface area contributed by atoms with E-state index in [1.165, 1.54) is 137 Å². The first-order valence-corrected chi connectivity index (χ1v) is 26.0. The lowest BCUT2D eigenvalue weighted by atomic mass is 9.37. The molecule has 328 valence electrons. The molecule has 0 spiro atoms. The molecule has 2 aliphatic heterocycles. The highest BCUT2D eigenvalue weighted by Crippen LogP contribution is 2.54. The molecule has 0 amide bonds. The zero-order valence-electron chi connectivity index (χ0n) is 40.2. The molecule has 13 rings (SSSR count). The second-order valence-corrected chi connectivity index (χ2v) is 24.8. The van der Waals surface area contributed by atoms with E-state index in [-0.39, 0.29) is 28.4 Å². The molecular formula is C63H56BNS2. The zero-order valence-corrected chi connectivity index (χ0v) is 41.8. The zero-order chi connectivity index (χ0) is 45.9. The van der Waals surface area contributed by atoms with Gasteiger partial charge in [-0.3, -0.25) is 0 Å². The second-order valence-electron chi connectivity index (χ2n) is 22.7. The van der Waals surface area contributed by atoms with Crippen molar-refractivity contribution < 1.29 is 0 Å². The van der Waals surface area contributed by atoms with Gasteiger partial charge in [-0.15, -0.1) is 22.7 Å². The number of rotatable bonds is 3. The Kier molecular flexibility index (Phi) is 8.66. The van der Waals surface area contributed by atoms with Crippen LogP contribution < -0.4 is 19.9 Å². The second kappa shape index (κ2) is 14.1. The fourth-order valence-electron chi connectivity index (χ4n) is 12.5. The summed E-state index contributed by atoms with van der Waals surface area (Å²) in [6.45, 7) is 21.8. The van der Waals surface area contributed by atoms with Gasteiger partial charge in [0.15, 0.2) is 0 Å². The van der Waals surface area contributed by atoms with Crippen LogP contribution in [0.1, 0.15) is 120 Å². The Bertz CT molecular complexity index is 3590. The van der Waals surface area contributed by atoms with Crippen LogP contribution in [0.3, 0.4) is 0 Å². The number of hydrogen-bond donors (Lipinski definition) is 0. The lowest BCUT2D eigenvalue weighted by Crippen LogP contribution is -2.57. The van der Waals surface area contributed by atoms with E-state index in [4.69, 9.17) is 0 Å². The number of fused-ring (bicyclic) bond motifs is 9. The summed E-state index contributed by atoms with van der Waals surface area (Å²) in [5.74, 6) is 0. The maximum Gasteiger partial charge on any atom is 0.273 e. The molecule has 7 aromatic carbocycles. The van der Waals surface area contributed by atoms with Crippen molar-refractivity contribution in [2.45, 2.75) is 96.8 Å². The van der Waals surface area contributed by atoms with Crippen LogP contribution in [0.2, 0.25) is 0 Å². The van der Waals surface area contributed by atoms with E-state index < -0.39 is 0 Å². The van der Waals surface area contributed by atoms with Gasteiger partial charge in [-0.25, -0.2) is 0 Å². The Labute approximate surface area is 404 Å². The third kappa shape index (κ3) is 5.91. The predicted octanol–water partition coefficient (Wildman–Crippen LogP) is 15.9. The van der Waals surface area contributed by atoms with Gasteiger partial charge >= 0.3 is 0 Å². The van der Waals surface area contributed by atoms with E-state index >= 15 is 0 Å². The standard InChI is InChI=1S/C63H56BNS2/c1-60(2,3)40-26-28-41(29-27-40)65-52-34-39(45-32-38-20-13-15-24-48(38)63(8,9)49-25-16-14-21-42(45)49)33-46-43-22-17-23-44-54(43)58(67-57(44)37-18-11-10-12-19-37)64(55(46)52)59-56(65)47-35-50-51(36-53(47)66-59)62(6,7)31-30-61(50,4)5/h10-29,32-36H,30-31H2,1-9H3. The summed E-state index contributed by atoms with van der Waals surface area (Å²) in [5.41, 5.74) is 21.6. The Balaban J connectivity index is 1.18. The number of anilines is 3. The van der Waals surface area contributed by atoms with Gasteiger partial charge in [0.1, 0.15) is 0 Å². The van der Waals surface area contributed by atoms with Crippen molar-refractivity contribution in [2.75, 3.05) is 4.90 Å². The van der Waals surface area contributed by atoms with Crippen LogP contribution >= 0.6 is 22.7 Å². The number of nitrogens with zero attached hydrogens (tertiary/aromatic N) is 1. The molecule has 4 aliphatic rings. The van der Waals surface area contributed by atoms with Crippen LogP contribution in [0.25, 0.3) is 54.1 Å². The number of thiophene rings is 2. The molecule has 2 aromatic heterocycles. The Morgan fingerprint density at radius 3 is 1.97 bits per heavy atom. The Morgan fingerprint density at radius 2 is 1.22 bits per heavy atom. The van der Waals surface area contributed by atoms with Crippen LogP contribution in [0.5, 0.6) is 0 Å². The van der Waals surface area contributed by atoms with Crippen molar-refractivity contribution >= 4 is 94.0 Å². The van der Waals surface area contributed by atoms with Gasteiger partial charge in [0.2, 0.25) is 0 Å². The highest BCUT2D eigenvalue weighted by Gasteiger charge is 2.46. The van der Waals surface area contributed by atoms with Gasteiger partial charge in [0, 0.05) is 41.9 Å². The third-order valence-electron chi connectivity index (χ3n) is 16.3. The average molecular weight is 902 g/mol. The molecule has 0 N–H and O–H groups in total. The molecular weight excluding hydrogens is 846 g/mol. The molecule has 0 unspecified atom stereocenters. The molecule has 67 heavy (non-hydrogen) atoms. The molecule has 0 radical (unpaired) electrons. The van der Waals surface area contributed by atoms with E-state index in [9.17, 15) is 0 Å². The van der Waals surface area contributed by atoms with Gasteiger partial charge in [0.25, 0.3) is 6.71 Å². The molecule has 0 atom stereocenters. The first-order valence-electron chi connectivity index (χ1n) is 24.3. The average Bonchev–Trinajstić information content (AvgIpc) is 3.87. The largest absolute Gasteiger partial charge is 0.310 e. The summed E-state index contributed by atoms with van der Waals surface area (Å²) in [6.07, 6.45) is 4.88. The van der Waals surface area contributed by atoms with Gasteiger partial charge in [-0.1, -0.05) is 172 Å². The van der Waals surface area contributed by atoms with E-state index in [2.05, 4.69) is 230 Å². The van der Waals surface area contributed by atoms with Crippen molar-refractivity contribution in [3.8, 4) is 21.6 Å². The lowest BCUT2D eigenvalue weighted by Gasteiger charge is -2.42. The molecule has 0 saturated heterocycles. The molecule has 0 fully saturated rings. The van der Waals surface area contributed by atoms with Crippen molar-refractivity contribution in [1.29, 1.82) is 0 Å². The summed E-state index contributed by atoms with van der Waals surface area (Å²) >= 11 is 4.08. The highest BCUT2D eigenvalue weighted by molar-refractivity contribution is 7.40. The highest BCUT2D eigenvalue weighted by atomic mass is 32.1. The predicted molar refractivity (Wildman–Crippen MR) is 293 cm³/mol. The molecule has 0 saturated carbocycles. The van der Waals surface area contributed by atoms with Crippen LogP contribution in [-0.4, -0.2) is 6.71 Å². The van der Waals surface area contributed by atoms with Crippen LogP contribution in [0, 0.1) is 0 Å². The maximum atomic E-state index is 2.70. The molecule has 0 bridgehead atoms. The molecule has 9 aromatic rings. The van der Waals surface area contributed by atoms with Gasteiger partial charge < -0.3 is 4.90 Å². The smallest absolute Gasteiger partial charge is 0.273 e. The monoisotopic (exact) mass is 901 g/mol. The SMILES string of the molecule is CC(C)(C)c1ccc(N2c3cc(C4=Cc5ccccc5C(C)(C)c5ccccc54)cc4c3B(c3sc5cc6c(cc5c32)C(C)(C)CCC6(C)C)c2sc(-c3ccccc3)c3cccc-4c23)cc1. The van der Waals surface area contributed by atoms with Crippen LogP contribution in [0.4, 0.5) is 17.1 Å². The van der Waals surface area contributed by atoms with Gasteiger partial charge in [-0.2, -0.15) is 0 Å². The van der Waals surface area contributed by atoms with Crippen molar-refractivity contribution in [3.05, 3.63) is 190 Å². The van der Waals surface area contributed by atoms with Crippen LogP contribution in [0.15, 0.2) is 146 Å². The fourth-order valence-corrected chi connectivity index (χ4v) is 15.3. The quantitative estimate of drug-likeness (QED) is 0.160. The fraction of sp³-hybridized carbons (Fsp3) is 0.238. The van der Waals surface area contributed by atoms with Gasteiger partial charge in [0.05, 0.1) is 5.69 Å². The maximum absolute atomic E-state index is 2.70. The van der Waals surface area contributed by atoms with Gasteiger partial charge in [-0.05, 0) is 154 Å². The summed E-state index contributed by atoms with van der Waals surface area (Å²) in [4.78, 5) is 4.06. The topological polar surface area (TPSA) is 3.24 Å². The Morgan fingerprint density at radius 1 is 0.552 bits per heavy atom.